The van der Waals surface area contributed by atoms with Crippen molar-refractivity contribution >= 4 is 5.82 Å². The molecule has 2 heterocycles. The van der Waals surface area contributed by atoms with Gasteiger partial charge in [-0.1, -0.05) is 0 Å². The summed E-state index contributed by atoms with van der Waals surface area (Å²) < 4.78 is 0. The number of piperazine rings is 1. The summed E-state index contributed by atoms with van der Waals surface area (Å²) in [4.78, 5) is 11.2. The van der Waals surface area contributed by atoms with Crippen LogP contribution in [0.25, 0.3) is 0 Å². The van der Waals surface area contributed by atoms with Crippen LogP contribution in [0.1, 0.15) is 25.5 Å². The molecule has 1 aliphatic carbocycles. The van der Waals surface area contributed by atoms with Crippen molar-refractivity contribution in [1.82, 2.24) is 15.3 Å². The van der Waals surface area contributed by atoms with Gasteiger partial charge in [0.2, 0.25) is 0 Å². The molecule has 3 rings (SSSR count). The number of hydrogen-bond donors (Lipinski definition) is 1. The van der Waals surface area contributed by atoms with E-state index in [1.165, 1.54) is 18.5 Å². The Bertz CT molecular complexity index is 389. The maximum Gasteiger partial charge on any atom is 0.132 e. The normalized spacial score (nSPS) is 25.0. The van der Waals surface area contributed by atoms with Gasteiger partial charge in [-0.05, 0) is 32.1 Å². The molecule has 1 aliphatic heterocycles. The van der Waals surface area contributed by atoms with Gasteiger partial charge >= 0.3 is 0 Å². The van der Waals surface area contributed by atoms with Gasteiger partial charge in [-0.3, -0.25) is 0 Å². The highest BCUT2D eigenvalue weighted by atomic mass is 15.3. The minimum Gasteiger partial charge on any atom is -0.351 e. The zero-order valence-corrected chi connectivity index (χ0v) is 10.4. The monoisotopic (exact) mass is 232 g/mol. The highest BCUT2D eigenvalue weighted by Crippen LogP contribution is 2.32. The first-order chi connectivity index (χ1) is 8.33. The van der Waals surface area contributed by atoms with Crippen molar-refractivity contribution in [2.75, 3.05) is 24.5 Å². The van der Waals surface area contributed by atoms with Crippen LogP contribution in [0.3, 0.4) is 0 Å². The van der Waals surface area contributed by atoms with Crippen LogP contribution in [-0.4, -0.2) is 35.6 Å². The van der Waals surface area contributed by atoms with E-state index in [0.29, 0.717) is 6.04 Å². The molecule has 0 radical (unpaired) electrons. The summed E-state index contributed by atoms with van der Waals surface area (Å²) >= 11 is 0. The lowest BCUT2D eigenvalue weighted by Gasteiger charge is -2.34. The van der Waals surface area contributed by atoms with Crippen molar-refractivity contribution in [2.24, 2.45) is 5.92 Å². The fourth-order valence-corrected chi connectivity index (χ4v) is 2.45. The summed E-state index contributed by atoms with van der Waals surface area (Å²) in [6, 6.07) is 2.70. The summed E-state index contributed by atoms with van der Waals surface area (Å²) in [5.74, 6) is 1.99. The summed E-state index contributed by atoms with van der Waals surface area (Å²) in [7, 11) is 0. The molecule has 92 valence electrons. The highest BCUT2D eigenvalue weighted by Gasteiger charge is 2.23. The molecule has 1 N–H and O–H groups in total. The van der Waals surface area contributed by atoms with Crippen LogP contribution in [-0.2, 0) is 6.42 Å². The highest BCUT2D eigenvalue weighted by molar-refractivity contribution is 5.41. The van der Waals surface area contributed by atoms with Crippen molar-refractivity contribution < 1.29 is 0 Å². The second-order valence-corrected chi connectivity index (χ2v) is 5.26. The van der Waals surface area contributed by atoms with Crippen molar-refractivity contribution in [2.45, 2.75) is 32.2 Å². The van der Waals surface area contributed by atoms with E-state index in [0.717, 1.165) is 37.8 Å². The van der Waals surface area contributed by atoms with Crippen LogP contribution in [0.2, 0.25) is 0 Å². The Labute approximate surface area is 102 Å². The van der Waals surface area contributed by atoms with Gasteiger partial charge < -0.3 is 10.2 Å². The maximum absolute atomic E-state index is 4.43. The van der Waals surface area contributed by atoms with Gasteiger partial charge in [0.25, 0.3) is 0 Å². The molecular formula is C13H20N4. The van der Waals surface area contributed by atoms with E-state index < -0.39 is 0 Å². The first-order valence-corrected chi connectivity index (χ1v) is 6.61. The largest absolute Gasteiger partial charge is 0.351 e. The lowest BCUT2D eigenvalue weighted by atomic mass is 10.2. The molecule has 4 heteroatoms. The summed E-state index contributed by atoms with van der Waals surface area (Å²) in [6.45, 7) is 5.38. The minimum absolute atomic E-state index is 0.521. The number of aromatic nitrogens is 2. The third-order valence-electron chi connectivity index (χ3n) is 3.70. The van der Waals surface area contributed by atoms with Crippen LogP contribution in [0.5, 0.6) is 0 Å². The van der Waals surface area contributed by atoms with Crippen LogP contribution in [0, 0.1) is 5.92 Å². The first kappa shape index (κ1) is 11.0. The van der Waals surface area contributed by atoms with Gasteiger partial charge in [-0.2, -0.15) is 0 Å². The molecule has 1 saturated carbocycles. The summed E-state index contributed by atoms with van der Waals surface area (Å²) in [6.07, 6.45) is 5.62. The van der Waals surface area contributed by atoms with Gasteiger partial charge in [0.15, 0.2) is 0 Å². The second kappa shape index (κ2) is 4.61. The lowest BCUT2D eigenvalue weighted by Crippen LogP contribution is -2.50. The lowest BCUT2D eigenvalue weighted by molar-refractivity contribution is 0.496. The van der Waals surface area contributed by atoms with Crippen molar-refractivity contribution in [3.05, 3.63) is 18.1 Å². The first-order valence-electron chi connectivity index (χ1n) is 6.61. The van der Waals surface area contributed by atoms with E-state index in [1.807, 2.05) is 0 Å². The average Bonchev–Trinajstić information content (AvgIpc) is 3.14. The van der Waals surface area contributed by atoms with Crippen LogP contribution >= 0.6 is 0 Å². The van der Waals surface area contributed by atoms with Gasteiger partial charge in [0.1, 0.15) is 12.1 Å². The van der Waals surface area contributed by atoms with E-state index in [9.17, 15) is 0 Å². The van der Waals surface area contributed by atoms with Crippen LogP contribution in [0.15, 0.2) is 12.4 Å². The maximum atomic E-state index is 4.43. The molecule has 0 aromatic carbocycles. The van der Waals surface area contributed by atoms with Crippen LogP contribution < -0.4 is 10.2 Å². The molecule has 1 saturated heterocycles. The molecule has 17 heavy (non-hydrogen) atoms. The molecule has 4 nitrogen and oxygen atoms in total. The van der Waals surface area contributed by atoms with E-state index in [-0.39, 0.29) is 0 Å². The standard InChI is InChI=1S/C13H20N4/c1-10-8-14-4-5-17(10)13-7-12(15-9-16-13)6-11-2-3-11/h7,9-11,14H,2-6,8H2,1H3/t10-/m1/s1. The number of hydrogen-bond acceptors (Lipinski definition) is 4. The Hall–Kier alpha value is -1.16. The Kier molecular flexibility index (Phi) is 2.97. The van der Waals surface area contributed by atoms with Crippen LogP contribution in [0.4, 0.5) is 5.82 Å². The van der Waals surface area contributed by atoms with E-state index in [2.05, 4.69) is 33.2 Å². The number of anilines is 1. The molecule has 1 aromatic heterocycles. The van der Waals surface area contributed by atoms with Crippen molar-refractivity contribution in [1.29, 1.82) is 0 Å². The SMILES string of the molecule is C[C@@H]1CNCCN1c1cc(CC2CC2)ncn1. The third kappa shape index (κ3) is 2.57. The molecule has 0 bridgehead atoms. The summed E-state index contributed by atoms with van der Waals surface area (Å²) in [5.41, 5.74) is 1.21. The molecule has 0 amide bonds. The average molecular weight is 232 g/mol. The van der Waals surface area contributed by atoms with Crippen molar-refractivity contribution in [3.8, 4) is 0 Å². The smallest absolute Gasteiger partial charge is 0.132 e. The number of nitrogens with one attached hydrogen (secondary N) is 1. The summed E-state index contributed by atoms with van der Waals surface area (Å²) in [5, 5.41) is 3.41. The second-order valence-electron chi connectivity index (χ2n) is 5.26. The predicted octanol–water partition coefficient (Wildman–Crippen LogP) is 1.23. The molecule has 1 aromatic rings. The zero-order chi connectivity index (χ0) is 11.7. The molecule has 1 atom stereocenters. The fraction of sp³-hybridized carbons (Fsp3) is 0.692. The zero-order valence-electron chi connectivity index (χ0n) is 10.4. The van der Waals surface area contributed by atoms with E-state index in [4.69, 9.17) is 0 Å². The van der Waals surface area contributed by atoms with Gasteiger partial charge in [-0.15, -0.1) is 0 Å². The molecule has 2 aliphatic rings. The quantitative estimate of drug-likeness (QED) is 0.851. The van der Waals surface area contributed by atoms with Gasteiger partial charge in [-0.25, -0.2) is 9.97 Å². The van der Waals surface area contributed by atoms with E-state index in [1.54, 1.807) is 6.33 Å². The molecule has 0 unspecified atom stereocenters. The minimum atomic E-state index is 0.521. The Morgan fingerprint density at radius 2 is 2.29 bits per heavy atom. The van der Waals surface area contributed by atoms with E-state index >= 15 is 0 Å². The van der Waals surface area contributed by atoms with Crippen molar-refractivity contribution in [3.63, 3.8) is 0 Å². The Morgan fingerprint density at radius 3 is 3.06 bits per heavy atom. The number of nitrogens with zero attached hydrogens (tertiary/aromatic N) is 3. The molecule has 0 spiro atoms. The topological polar surface area (TPSA) is 41.0 Å². The fourth-order valence-electron chi connectivity index (χ4n) is 2.45. The van der Waals surface area contributed by atoms with Gasteiger partial charge in [0, 0.05) is 37.4 Å². The third-order valence-corrected chi connectivity index (χ3v) is 3.70. The van der Waals surface area contributed by atoms with Gasteiger partial charge in [0.05, 0.1) is 0 Å². The Morgan fingerprint density at radius 1 is 1.41 bits per heavy atom. The molecular weight excluding hydrogens is 212 g/mol. The molecule has 2 fully saturated rings. The Balaban J connectivity index is 1.76. The predicted molar refractivity (Wildman–Crippen MR) is 68.1 cm³/mol. The number of rotatable bonds is 3.